The van der Waals surface area contributed by atoms with Crippen LogP contribution in [0.4, 0.5) is 0 Å². The van der Waals surface area contributed by atoms with E-state index in [4.69, 9.17) is 9.73 Å². The van der Waals surface area contributed by atoms with Crippen molar-refractivity contribution < 1.29 is 4.74 Å². The fourth-order valence-corrected chi connectivity index (χ4v) is 3.56. The molecule has 1 aromatic rings. The Morgan fingerprint density at radius 1 is 1.33 bits per heavy atom. The van der Waals surface area contributed by atoms with Crippen LogP contribution in [0.1, 0.15) is 36.5 Å². The summed E-state index contributed by atoms with van der Waals surface area (Å²) in [5.41, 5.74) is 4.38. The van der Waals surface area contributed by atoms with Crippen molar-refractivity contribution in [1.29, 1.82) is 0 Å². The molecule has 1 heterocycles. The summed E-state index contributed by atoms with van der Waals surface area (Å²) in [6.07, 6.45) is 4.94. The predicted octanol–water partition coefficient (Wildman–Crippen LogP) is 3.23. The Balaban J connectivity index is 0.00000208. The maximum absolute atomic E-state index is 5.48. The van der Waals surface area contributed by atoms with E-state index in [1.165, 1.54) is 36.0 Å². The van der Waals surface area contributed by atoms with Crippen LogP contribution in [-0.4, -0.2) is 44.2 Å². The first-order valence-electron chi connectivity index (χ1n) is 8.94. The molecule has 1 fully saturated rings. The average Bonchev–Trinajstić information content (AvgIpc) is 3.21. The highest BCUT2D eigenvalue weighted by molar-refractivity contribution is 14.0. The van der Waals surface area contributed by atoms with E-state index >= 15 is 0 Å². The summed E-state index contributed by atoms with van der Waals surface area (Å²) in [6, 6.07) is 6.88. The van der Waals surface area contributed by atoms with Crippen molar-refractivity contribution in [1.82, 2.24) is 10.2 Å². The molecule has 1 unspecified atom stereocenters. The molecule has 1 N–H and O–H groups in total. The Hall–Kier alpha value is -0.820. The van der Waals surface area contributed by atoms with Gasteiger partial charge in [0.15, 0.2) is 5.96 Å². The highest BCUT2D eigenvalue weighted by Gasteiger charge is 2.19. The van der Waals surface area contributed by atoms with Gasteiger partial charge in [0, 0.05) is 32.7 Å². The number of nitrogens with one attached hydrogen (secondary N) is 1. The first kappa shape index (κ1) is 19.5. The zero-order valence-electron chi connectivity index (χ0n) is 14.9. The number of benzene rings is 1. The van der Waals surface area contributed by atoms with E-state index < -0.39 is 0 Å². The Labute approximate surface area is 163 Å². The minimum Gasteiger partial charge on any atom is -0.381 e. The minimum atomic E-state index is 0. The highest BCUT2D eigenvalue weighted by Crippen LogP contribution is 2.23. The number of nitrogens with zero attached hydrogens (tertiary/aromatic N) is 2. The van der Waals surface area contributed by atoms with Crippen molar-refractivity contribution in [3.8, 4) is 0 Å². The maximum atomic E-state index is 5.48. The molecule has 0 bridgehead atoms. The second kappa shape index (κ2) is 9.61. The smallest absolute Gasteiger partial charge is 0.193 e. The van der Waals surface area contributed by atoms with Crippen molar-refractivity contribution in [2.75, 3.05) is 33.4 Å². The third-order valence-corrected chi connectivity index (χ3v) is 4.83. The number of fused-ring (bicyclic) bond motifs is 1. The zero-order valence-corrected chi connectivity index (χ0v) is 17.2. The van der Waals surface area contributed by atoms with Gasteiger partial charge in [0.2, 0.25) is 0 Å². The van der Waals surface area contributed by atoms with E-state index in [-0.39, 0.29) is 24.0 Å². The van der Waals surface area contributed by atoms with Crippen LogP contribution in [-0.2, 0) is 24.1 Å². The topological polar surface area (TPSA) is 36.9 Å². The van der Waals surface area contributed by atoms with Gasteiger partial charge in [-0.25, -0.2) is 4.99 Å². The summed E-state index contributed by atoms with van der Waals surface area (Å²) >= 11 is 0. The molecule has 1 aliphatic heterocycles. The van der Waals surface area contributed by atoms with Crippen LogP contribution in [0.2, 0.25) is 0 Å². The summed E-state index contributed by atoms with van der Waals surface area (Å²) in [6.45, 7) is 6.57. The Morgan fingerprint density at radius 2 is 2.17 bits per heavy atom. The van der Waals surface area contributed by atoms with Crippen molar-refractivity contribution in [2.24, 2.45) is 10.9 Å². The van der Waals surface area contributed by atoms with Crippen molar-refractivity contribution >= 4 is 29.9 Å². The van der Waals surface area contributed by atoms with E-state index in [1.807, 2.05) is 0 Å². The van der Waals surface area contributed by atoms with E-state index in [2.05, 4.69) is 42.4 Å². The van der Waals surface area contributed by atoms with Gasteiger partial charge in [-0.3, -0.25) is 0 Å². The van der Waals surface area contributed by atoms with Crippen molar-refractivity contribution in [3.63, 3.8) is 0 Å². The molecule has 3 rings (SSSR count). The third kappa shape index (κ3) is 5.09. The van der Waals surface area contributed by atoms with Gasteiger partial charge in [-0.1, -0.05) is 18.2 Å². The molecule has 0 saturated carbocycles. The lowest BCUT2D eigenvalue weighted by atomic mass is 10.1. The van der Waals surface area contributed by atoms with Gasteiger partial charge in [-0.2, -0.15) is 0 Å². The van der Waals surface area contributed by atoms with Gasteiger partial charge < -0.3 is 15.0 Å². The van der Waals surface area contributed by atoms with Crippen molar-refractivity contribution in [2.45, 2.75) is 39.2 Å². The number of ether oxygens (including phenoxy) is 1. The molecule has 0 spiro atoms. The summed E-state index contributed by atoms with van der Waals surface area (Å²) in [4.78, 5) is 7.09. The molecule has 2 aliphatic rings. The second-order valence-electron chi connectivity index (χ2n) is 6.74. The Morgan fingerprint density at radius 3 is 2.92 bits per heavy atom. The number of halogens is 1. The summed E-state index contributed by atoms with van der Waals surface area (Å²) in [7, 11) is 2.13. The molecule has 1 atom stereocenters. The Kier molecular flexibility index (Phi) is 7.81. The number of aryl methyl sites for hydroxylation is 2. The average molecular weight is 443 g/mol. The molecule has 4 nitrogen and oxygen atoms in total. The lowest BCUT2D eigenvalue weighted by molar-refractivity contribution is 0.181. The van der Waals surface area contributed by atoms with Gasteiger partial charge in [-0.15, -0.1) is 24.0 Å². The number of hydrogen-bond donors (Lipinski definition) is 1. The quantitative estimate of drug-likeness (QED) is 0.432. The molecule has 5 heteroatoms. The predicted molar refractivity (Wildman–Crippen MR) is 110 cm³/mol. The molecular weight excluding hydrogens is 413 g/mol. The second-order valence-corrected chi connectivity index (χ2v) is 6.74. The van der Waals surface area contributed by atoms with Gasteiger partial charge >= 0.3 is 0 Å². The van der Waals surface area contributed by atoms with Crippen LogP contribution in [0, 0.1) is 5.92 Å². The Bertz CT molecular complexity index is 556. The third-order valence-electron chi connectivity index (χ3n) is 4.83. The molecule has 0 radical (unpaired) electrons. The fourth-order valence-electron chi connectivity index (χ4n) is 3.56. The molecule has 0 aromatic heterocycles. The largest absolute Gasteiger partial charge is 0.381 e. The molecular formula is C19H30IN3O. The van der Waals surface area contributed by atoms with Crippen LogP contribution < -0.4 is 5.32 Å². The van der Waals surface area contributed by atoms with Gasteiger partial charge in [0.05, 0.1) is 13.2 Å². The first-order valence-corrected chi connectivity index (χ1v) is 8.94. The molecule has 24 heavy (non-hydrogen) atoms. The fraction of sp³-hybridized carbons (Fsp3) is 0.632. The van der Waals surface area contributed by atoms with E-state index in [0.29, 0.717) is 5.92 Å². The molecule has 0 amide bonds. The van der Waals surface area contributed by atoms with E-state index in [9.17, 15) is 0 Å². The van der Waals surface area contributed by atoms with Crippen LogP contribution in [0.5, 0.6) is 0 Å². The van der Waals surface area contributed by atoms with Crippen LogP contribution in [0.25, 0.3) is 0 Å². The normalized spacial score (nSPS) is 19.8. The van der Waals surface area contributed by atoms with E-state index in [1.54, 1.807) is 0 Å². The summed E-state index contributed by atoms with van der Waals surface area (Å²) in [5, 5.41) is 3.41. The lowest BCUT2D eigenvalue weighted by Crippen LogP contribution is -2.41. The maximum Gasteiger partial charge on any atom is 0.193 e. The number of rotatable bonds is 5. The standard InChI is InChI=1S/C19H29N3O.HI/c1-3-20-19(22(2)13-16-9-10-23-14-16)21-12-15-7-8-17-5-4-6-18(17)11-15;/h7-8,11,16H,3-6,9-10,12-14H2,1-2H3,(H,20,21);1H. The van der Waals surface area contributed by atoms with Crippen LogP contribution >= 0.6 is 24.0 Å². The summed E-state index contributed by atoms with van der Waals surface area (Å²) < 4.78 is 5.48. The summed E-state index contributed by atoms with van der Waals surface area (Å²) in [5.74, 6) is 1.63. The van der Waals surface area contributed by atoms with Crippen LogP contribution in [0.3, 0.4) is 0 Å². The monoisotopic (exact) mass is 443 g/mol. The molecule has 1 aromatic carbocycles. The first-order chi connectivity index (χ1) is 11.3. The van der Waals surface area contributed by atoms with Gasteiger partial charge in [0.1, 0.15) is 0 Å². The molecule has 134 valence electrons. The minimum absolute atomic E-state index is 0. The molecule has 1 aliphatic carbocycles. The van der Waals surface area contributed by atoms with Crippen LogP contribution in [0.15, 0.2) is 23.2 Å². The lowest BCUT2D eigenvalue weighted by Gasteiger charge is -2.24. The number of aliphatic imine (C=N–C) groups is 1. The SMILES string of the molecule is CCNC(=NCc1ccc2c(c1)CCC2)N(C)CC1CCOC1.I. The van der Waals surface area contributed by atoms with Gasteiger partial charge in [0.25, 0.3) is 0 Å². The highest BCUT2D eigenvalue weighted by atomic mass is 127. The number of guanidine groups is 1. The molecule has 1 saturated heterocycles. The van der Waals surface area contributed by atoms with Gasteiger partial charge in [-0.05, 0) is 49.3 Å². The zero-order chi connectivity index (χ0) is 16.1. The number of hydrogen-bond acceptors (Lipinski definition) is 2. The van der Waals surface area contributed by atoms with E-state index in [0.717, 1.165) is 45.2 Å². The van der Waals surface area contributed by atoms with Crippen molar-refractivity contribution in [3.05, 3.63) is 34.9 Å².